The van der Waals surface area contributed by atoms with Crippen LogP contribution in [-0.4, -0.2) is 24.9 Å². The molecule has 0 atom stereocenters. The van der Waals surface area contributed by atoms with Crippen molar-refractivity contribution < 1.29 is 4.52 Å². The van der Waals surface area contributed by atoms with Crippen molar-refractivity contribution >= 4 is 39.0 Å². The molecule has 0 saturated heterocycles. The zero-order valence-corrected chi connectivity index (χ0v) is 16.8. The Kier molecular flexibility index (Phi) is 5.47. The highest BCUT2D eigenvalue weighted by molar-refractivity contribution is 9.10. The van der Waals surface area contributed by atoms with Crippen LogP contribution in [-0.2, 0) is 18.7 Å². The largest absolute Gasteiger partial charge is 0.338 e. The summed E-state index contributed by atoms with van der Waals surface area (Å²) in [6, 6.07) is 12.0. The Balaban J connectivity index is 1.38. The van der Waals surface area contributed by atoms with E-state index in [1.807, 2.05) is 24.3 Å². The van der Waals surface area contributed by atoms with Crippen LogP contribution in [0.5, 0.6) is 0 Å². The summed E-state index contributed by atoms with van der Waals surface area (Å²) in [4.78, 5) is 5.81. The third-order valence-electron chi connectivity index (χ3n) is 3.63. The highest BCUT2D eigenvalue weighted by atomic mass is 79.9. The van der Waals surface area contributed by atoms with Crippen molar-refractivity contribution in [3.8, 4) is 11.4 Å². The maximum absolute atomic E-state index is 5.36. The van der Waals surface area contributed by atoms with Crippen molar-refractivity contribution in [3.63, 3.8) is 0 Å². The molecule has 3 heterocycles. The van der Waals surface area contributed by atoms with Gasteiger partial charge in [0.2, 0.25) is 11.7 Å². The number of aryl methyl sites for hydroxylation is 2. The molecule has 4 rings (SSSR count). The second-order valence-corrected chi connectivity index (χ2v) is 8.34. The minimum atomic E-state index is 0.554. The van der Waals surface area contributed by atoms with Crippen molar-refractivity contribution in [2.45, 2.75) is 23.9 Å². The average Bonchev–Trinajstić information content (AvgIpc) is 3.39. The van der Waals surface area contributed by atoms with Gasteiger partial charge in [0.1, 0.15) is 6.33 Å². The summed E-state index contributed by atoms with van der Waals surface area (Å²) < 4.78 is 8.40. The van der Waals surface area contributed by atoms with Gasteiger partial charge in [-0.25, -0.2) is 0 Å². The number of halogens is 1. The lowest BCUT2D eigenvalue weighted by molar-refractivity contribution is 0.391. The molecule has 132 valence electrons. The van der Waals surface area contributed by atoms with E-state index in [-0.39, 0.29) is 0 Å². The number of thioether (sulfide) groups is 1. The number of thiophene rings is 1. The first kappa shape index (κ1) is 17.4. The van der Waals surface area contributed by atoms with Crippen LogP contribution in [0.3, 0.4) is 0 Å². The van der Waals surface area contributed by atoms with Gasteiger partial charge < -0.3 is 9.09 Å². The molecule has 0 amide bonds. The summed E-state index contributed by atoms with van der Waals surface area (Å²) in [6.45, 7) is 0.850. The van der Waals surface area contributed by atoms with Gasteiger partial charge in [0.15, 0.2) is 5.16 Å². The van der Waals surface area contributed by atoms with Crippen molar-refractivity contribution in [2.24, 2.45) is 0 Å². The predicted octanol–water partition coefficient (Wildman–Crippen LogP) is 4.69. The second-order valence-electron chi connectivity index (χ2n) is 5.45. The highest BCUT2D eigenvalue weighted by Gasteiger charge is 2.12. The molecule has 0 saturated carbocycles. The molecule has 6 nitrogen and oxygen atoms in total. The quantitative estimate of drug-likeness (QED) is 0.382. The fraction of sp³-hybridized carbons (Fsp3) is 0.176. The van der Waals surface area contributed by atoms with Gasteiger partial charge in [-0.1, -0.05) is 51.0 Å². The first-order chi connectivity index (χ1) is 12.8. The van der Waals surface area contributed by atoms with Crippen LogP contribution in [0, 0.1) is 0 Å². The van der Waals surface area contributed by atoms with Gasteiger partial charge >= 0.3 is 0 Å². The molecule has 1 aromatic carbocycles. The molecule has 0 bridgehead atoms. The topological polar surface area (TPSA) is 69.6 Å². The molecule has 0 fully saturated rings. The lowest BCUT2D eigenvalue weighted by Gasteiger charge is -2.03. The lowest BCUT2D eigenvalue weighted by Crippen LogP contribution is -2.01. The first-order valence-electron chi connectivity index (χ1n) is 7.89. The van der Waals surface area contributed by atoms with Crippen molar-refractivity contribution in [1.82, 2.24) is 24.9 Å². The molecular weight excluding hydrogens is 434 g/mol. The maximum atomic E-state index is 5.36. The van der Waals surface area contributed by atoms with E-state index in [9.17, 15) is 0 Å². The molecule has 0 aliphatic carbocycles. The Labute approximate surface area is 166 Å². The molecule has 26 heavy (non-hydrogen) atoms. The Morgan fingerprint density at radius 3 is 3.04 bits per heavy atom. The van der Waals surface area contributed by atoms with Gasteiger partial charge in [-0.15, -0.1) is 21.5 Å². The molecule has 0 aliphatic heterocycles. The fourth-order valence-electron chi connectivity index (χ4n) is 2.38. The van der Waals surface area contributed by atoms with Crippen LogP contribution >= 0.6 is 39.0 Å². The van der Waals surface area contributed by atoms with Gasteiger partial charge in [-0.2, -0.15) is 4.98 Å². The summed E-state index contributed by atoms with van der Waals surface area (Å²) in [5.41, 5.74) is 0.915. The van der Waals surface area contributed by atoms with Crippen LogP contribution < -0.4 is 0 Å². The van der Waals surface area contributed by atoms with E-state index in [0.717, 1.165) is 28.2 Å². The number of hydrogen-bond donors (Lipinski definition) is 0. The van der Waals surface area contributed by atoms with E-state index in [1.165, 1.54) is 4.88 Å². The number of benzene rings is 1. The number of aromatic nitrogens is 5. The minimum Gasteiger partial charge on any atom is -0.338 e. The zero-order chi connectivity index (χ0) is 17.8. The van der Waals surface area contributed by atoms with Crippen LogP contribution in [0.15, 0.2) is 62.3 Å². The lowest BCUT2D eigenvalue weighted by atomic mass is 10.2. The maximum Gasteiger partial charge on any atom is 0.237 e. The molecule has 0 unspecified atom stereocenters. The van der Waals surface area contributed by atoms with Crippen molar-refractivity contribution in [1.29, 1.82) is 0 Å². The van der Waals surface area contributed by atoms with Crippen molar-refractivity contribution in [3.05, 3.63) is 63.3 Å². The Morgan fingerprint density at radius 2 is 2.19 bits per heavy atom. The second kappa shape index (κ2) is 8.15. The highest BCUT2D eigenvalue weighted by Crippen LogP contribution is 2.24. The van der Waals surface area contributed by atoms with Crippen molar-refractivity contribution in [2.75, 3.05) is 0 Å². The normalized spacial score (nSPS) is 11.1. The number of rotatable bonds is 7. The van der Waals surface area contributed by atoms with Gasteiger partial charge in [0.05, 0.1) is 5.75 Å². The standard InChI is InChI=1S/C17H14BrN5OS2/c18-13-4-1-3-12(9-13)16-20-15(24-22-16)10-26-17-21-19-11-23(17)7-6-14-5-2-8-25-14/h1-5,8-9,11H,6-7,10H2. The van der Waals surface area contributed by atoms with Gasteiger partial charge in [-0.05, 0) is 30.0 Å². The minimum absolute atomic E-state index is 0.554. The summed E-state index contributed by atoms with van der Waals surface area (Å²) >= 11 is 6.76. The monoisotopic (exact) mass is 447 g/mol. The van der Waals surface area contributed by atoms with Crippen LogP contribution in [0.1, 0.15) is 10.8 Å². The van der Waals surface area contributed by atoms with E-state index in [2.05, 4.69) is 58.3 Å². The van der Waals surface area contributed by atoms with E-state index in [4.69, 9.17) is 4.52 Å². The molecule has 4 aromatic rings. The summed E-state index contributed by atoms with van der Waals surface area (Å²) in [5.74, 6) is 1.71. The molecule has 0 aliphatic rings. The zero-order valence-electron chi connectivity index (χ0n) is 13.6. The Hall–Kier alpha value is -1.97. The Morgan fingerprint density at radius 1 is 1.23 bits per heavy atom. The van der Waals surface area contributed by atoms with Crippen LogP contribution in [0.4, 0.5) is 0 Å². The Bertz CT molecular complexity index is 983. The van der Waals surface area contributed by atoms with E-state index in [0.29, 0.717) is 17.5 Å². The third-order valence-corrected chi connectivity index (χ3v) is 6.03. The predicted molar refractivity (Wildman–Crippen MR) is 105 cm³/mol. The van der Waals surface area contributed by atoms with E-state index < -0.39 is 0 Å². The van der Waals surface area contributed by atoms with E-state index >= 15 is 0 Å². The number of hydrogen-bond acceptors (Lipinski definition) is 7. The van der Waals surface area contributed by atoms with Gasteiger partial charge in [0.25, 0.3) is 0 Å². The first-order valence-corrected chi connectivity index (χ1v) is 10.6. The summed E-state index contributed by atoms with van der Waals surface area (Å²) in [6.07, 6.45) is 2.73. The molecule has 0 N–H and O–H groups in total. The van der Waals surface area contributed by atoms with Gasteiger partial charge in [-0.3, -0.25) is 0 Å². The fourth-order valence-corrected chi connectivity index (χ4v) is 4.26. The SMILES string of the molecule is Brc1cccc(-c2noc(CSc3nncn3CCc3cccs3)n2)c1. The van der Waals surface area contributed by atoms with E-state index in [1.54, 1.807) is 29.4 Å². The third kappa shape index (κ3) is 4.22. The molecule has 3 aromatic heterocycles. The molecule has 0 radical (unpaired) electrons. The summed E-state index contributed by atoms with van der Waals surface area (Å²) in [5, 5.41) is 15.2. The molecule has 0 spiro atoms. The molecular formula is C17H14BrN5OS2. The van der Waals surface area contributed by atoms with Crippen LogP contribution in [0.2, 0.25) is 0 Å². The smallest absolute Gasteiger partial charge is 0.237 e. The number of nitrogens with zero attached hydrogens (tertiary/aromatic N) is 5. The summed E-state index contributed by atoms with van der Waals surface area (Å²) in [7, 11) is 0. The average molecular weight is 448 g/mol. The van der Waals surface area contributed by atoms with Crippen LogP contribution in [0.25, 0.3) is 11.4 Å². The van der Waals surface area contributed by atoms with Gasteiger partial charge in [0, 0.05) is 21.5 Å². The molecule has 9 heteroatoms.